The average Bonchev–Trinajstić information content (AvgIpc) is 2.63. The first-order chi connectivity index (χ1) is 10.2. The van der Waals surface area contributed by atoms with Gasteiger partial charge >= 0.3 is 5.97 Å². The first kappa shape index (κ1) is 14.5. The quantitative estimate of drug-likeness (QED) is 0.925. The zero-order valence-electron chi connectivity index (χ0n) is 12.3. The molecule has 0 bridgehead atoms. The van der Waals surface area contributed by atoms with E-state index in [-0.39, 0.29) is 0 Å². The van der Waals surface area contributed by atoms with Crippen molar-refractivity contribution in [3.05, 3.63) is 35.4 Å². The van der Waals surface area contributed by atoms with Crippen molar-refractivity contribution in [2.75, 3.05) is 26.3 Å². The molecule has 1 N–H and O–H groups in total. The van der Waals surface area contributed by atoms with Crippen LogP contribution in [0.2, 0.25) is 0 Å². The third-order valence-corrected chi connectivity index (χ3v) is 4.80. The van der Waals surface area contributed by atoms with E-state index in [0.717, 1.165) is 38.8 Å². The van der Waals surface area contributed by atoms with Crippen molar-refractivity contribution >= 4 is 5.97 Å². The van der Waals surface area contributed by atoms with Crippen molar-refractivity contribution in [1.82, 2.24) is 4.90 Å². The van der Waals surface area contributed by atoms with Gasteiger partial charge in [-0.25, -0.2) is 4.79 Å². The summed E-state index contributed by atoms with van der Waals surface area (Å²) in [6, 6.07) is 7.23. The summed E-state index contributed by atoms with van der Waals surface area (Å²) in [6.07, 6.45) is 4.09. The Morgan fingerprint density at radius 1 is 1.24 bits per heavy atom. The fourth-order valence-electron chi connectivity index (χ4n) is 3.25. The molecular formula is C17H23NO3. The highest BCUT2D eigenvalue weighted by Gasteiger charge is 2.30. The smallest absolute Gasteiger partial charge is 0.335 e. The van der Waals surface area contributed by atoms with Crippen LogP contribution in [0.4, 0.5) is 0 Å². The van der Waals surface area contributed by atoms with Crippen molar-refractivity contribution in [2.24, 2.45) is 11.8 Å². The third-order valence-electron chi connectivity index (χ3n) is 4.80. The first-order valence-electron chi connectivity index (χ1n) is 7.85. The summed E-state index contributed by atoms with van der Waals surface area (Å²) >= 11 is 0. The molecule has 1 unspecified atom stereocenters. The topological polar surface area (TPSA) is 49.8 Å². The van der Waals surface area contributed by atoms with Crippen LogP contribution in [-0.2, 0) is 11.3 Å². The van der Waals surface area contributed by atoms with Crippen molar-refractivity contribution in [3.8, 4) is 0 Å². The monoisotopic (exact) mass is 289 g/mol. The maximum absolute atomic E-state index is 10.9. The lowest BCUT2D eigenvalue weighted by molar-refractivity contribution is 0.0696. The number of rotatable bonds is 4. The molecule has 1 aromatic rings. The maximum Gasteiger partial charge on any atom is 0.335 e. The van der Waals surface area contributed by atoms with Gasteiger partial charge in [0.15, 0.2) is 0 Å². The van der Waals surface area contributed by atoms with Crippen LogP contribution in [0, 0.1) is 11.8 Å². The predicted molar refractivity (Wildman–Crippen MR) is 80.3 cm³/mol. The van der Waals surface area contributed by atoms with Crippen LogP contribution in [0.1, 0.15) is 35.2 Å². The van der Waals surface area contributed by atoms with Gasteiger partial charge < -0.3 is 9.84 Å². The zero-order chi connectivity index (χ0) is 14.7. The summed E-state index contributed by atoms with van der Waals surface area (Å²) in [5.74, 6) is 0.647. The number of nitrogens with zero attached hydrogens (tertiary/aromatic N) is 1. The van der Waals surface area contributed by atoms with E-state index < -0.39 is 5.97 Å². The minimum absolute atomic E-state index is 0.352. The number of benzene rings is 1. The number of aromatic carboxylic acids is 1. The normalized spacial score (nSPS) is 24.3. The van der Waals surface area contributed by atoms with Crippen molar-refractivity contribution in [1.29, 1.82) is 0 Å². The Hall–Kier alpha value is -1.39. The SMILES string of the molecule is O=C(O)c1ccc(CN2CCOCC(C3CCC3)C2)cc1. The molecule has 0 aromatic heterocycles. The Kier molecular flexibility index (Phi) is 4.56. The Bertz CT molecular complexity index is 481. The van der Waals surface area contributed by atoms with Gasteiger partial charge in [-0.1, -0.05) is 31.4 Å². The highest BCUT2D eigenvalue weighted by molar-refractivity contribution is 5.87. The zero-order valence-corrected chi connectivity index (χ0v) is 12.3. The van der Waals surface area contributed by atoms with E-state index in [1.165, 1.54) is 24.8 Å². The standard InChI is InChI=1S/C17H23NO3/c19-17(20)15-6-4-13(5-7-15)10-18-8-9-21-12-16(11-18)14-2-1-3-14/h4-7,14,16H,1-3,8-12H2,(H,19,20). The van der Waals surface area contributed by atoms with Crippen LogP contribution in [0.5, 0.6) is 0 Å². The molecule has 1 atom stereocenters. The summed E-state index contributed by atoms with van der Waals surface area (Å²) < 4.78 is 5.76. The summed E-state index contributed by atoms with van der Waals surface area (Å²) in [5, 5.41) is 8.94. The van der Waals surface area contributed by atoms with Crippen LogP contribution in [0.15, 0.2) is 24.3 Å². The first-order valence-corrected chi connectivity index (χ1v) is 7.85. The lowest BCUT2D eigenvalue weighted by Crippen LogP contribution is -2.35. The minimum atomic E-state index is -0.866. The van der Waals surface area contributed by atoms with E-state index >= 15 is 0 Å². The predicted octanol–water partition coefficient (Wildman–Crippen LogP) is 2.63. The van der Waals surface area contributed by atoms with Crippen molar-refractivity contribution in [2.45, 2.75) is 25.8 Å². The lowest BCUT2D eigenvalue weighted by Gasteiger charge is -2.35. The molecule has 1 heterocycles. The number of hydrogen-bond acceptors (Lipinski definition) is 3. The molecule has 2 fully saturated rings. The van der Waals surface area contributed by atoms with Gasteiger partial charge in [0, 0.05) is 19.6 Å². The van der Waals surface area contributed by atoms with Crippen LogP contribution >= 0.6 is 0 Å². The van der Waals surface area contributed by atoms with Crippen LogP contribution < -0.4 is 0 Å². The van der Waals surface area contributed by atoms with Gasteiger partial charge in [0.2, 0.25) is 0 Å². The lowest BCUT2D eigenvalue weighted by atomic mass is 9.76. The van der Waals surface area contributed by atoms with Crippen LogP contribution in [0.25, 0.3) is 0 Å². The van der Waals surface area contributed by atoms with E-state index in [4.69, 9.17) is 9.84 Å². The largest absolute Gasteiger partial charge is 0.478 e. The third kappa shape index (κ3) is 3.63. The summed E-state index contributed by atoms with van der Waals surface area (Å²) in [4.78, 5) is 13.3. The van der Waals surface area contributed by atoms with E-state index in [1.807, 2.05) is 12.1 Å². The fourth-order valence-corrected chi connectivity index (χ4v) is 3.25. The maximum atomic E-state index is 10.9. The molecule has 0 radical (unpaired) electrons. The fraction of sp³-hybridized carbons (Fsp3) is 0.588. The molecule has 1 aliphatic carbocycles. The second kappa shape index (κ2) is 6.58. The highest BCUT2D eigenvalue weighted by atomic mass is 16.5. The van der Waals surface area contributed by atoms with Gasteiger partial charge in [0.1, 0.15) is 0 Å². The summed E-state index contributed by atoms with van der Waals surface area (Å²) in [6.45, 7) is 4.65. The Balaban J connectivity index is 1.60. The molecule has 1 aromatic carbocycles. The Labute approximate surface area is 125 Å². The molecule has 4 nitrogen and oxygen atoms in total. The number of carboxylic acid groups (broad SMARTS) is 1. The molecule has 114 valence electrons. The molecule has 0 amide bonds. The molecule has 3 rings (SSSR count). The Morgan fingerprint density at radius 3 is 2.62 bits per heavy atom. The van der Waals surface area contributed by atoms with Crippen LogP contribution in [-0.4, -0.2) is 42.3 Å². The second-order valence-electron chi connectivity index (χ2n) is 6.26. The van der Waals surface area contributed by atoms with Crippen molar-refractivity contribution < 1.29 is 14.6 Å². The molecule has 21 heavy (non-hydrogen) atoms. The molecule has 1 aliphatic heterocycles. The van der Waals surface area contributed by atoms with Gasteiger partial charge in [-0.3, -0.25) is 4.90 Å². The Morgan fingerprint density at radius 2 is 2.00 bits per heavy atom. The molecule has 1 saturated carbocycles. The van der Waals surface area contributed by atoms with E-state index in [9.17, 15) is 4.79 Å². The van der Waals surface area contributed by atoms with Gasteiger partial charge in [0.25, 0.3) is 0 Å². The average molecular weight is 289 g/mol. The molecular weight excluding hydrogens is 266 g/mol. The molecule has 4 heteroatoms. The van der Waals surface area contributed by atoms with E-state index in [0.29, 0.717) is 11.5 Å². The second-order valence-corrected chi connectivity index (χ2v) is 6.26. The minimum Gasteiger partial charge on any atom is -0.478 e. The highest BCUT2D eigenvalue weighted by Crippen LogP contribution is 2.34. The van der Waals surface area contributed by atoms with Gasteiger partial charge in [0.05, 0.1) is 18.8 Å². The van der Waals surface area contributed by atoms with Gasteiger partial charge in [-0.2, -0.15) is 0 Å². The molecule has 1 saturated heterocycles. The van der Waals surface area contributed by atoms with E-state index in [1.54, 1.807) is 12.1 Å². The number of carbonyl (C=O) groups is 1. The van der Waals surface area contributed by atoms with E-state index in [2.05, 4.69) is 4.90 Å². The van der Waals surface area contributed by atoms with Gasteiger partial charge in [-0.05, 0) is 29.5 Å². The summed E-state index contributed by atoms with van der Waals surface area (Å²) in [5.41, 5.74) is 1.53. The summed E-state index contributed by atoms with van der Waals surface area (Å²) in [7, 11) is 0. The number of carboxylic acids is 1. The van der Waals surface area contributed by atoms with Crippen molar-refractivity contribution in [3.63, 3.8) is 0 Å². The number of hydrogen-bond donors (Lipinski definition) is 1. The molecule has 0 spiro atoms. The molecule has 2 aliphatic rings. The van der Waals surface area contributed by atoms with Crippen LogP contribution in [0.3, 0.4) is 0 Å². The van der Waals surface area contributed by atoms with Gasteiger partial charge in [-0.15, -0.1) is 0 Å². The number of ether oxygens (including phenoxy) is 1.